The summed E-state index contributed by atoms with van der Waals surface area (Å²) < 4.78 is 0. The Bertz CT molecular complexity index is 289. The van der Waals surface area contributed by atoms with Gasteiger partial charge in [-0.05, 0) is 23.0 Å². The molecule has 0 aliphatic heterocycles. The molecule has 0 bridgehead atoms. The van der Waals surface area contributed by atoms with Crippen LogP contribution in [0.5, 0.6) is 0 Å². The van der Waals surface area contributed by atoms with Crippen molar-refractivity contribution in [2.45, 2.75) is 39.7 Å². The molecular formula is C13H21N. The molecule has 0 heterocycles. The van der Waals surface area contributed by atoms with E-state index in [0.717, 1.165) is 0 Å². The van der Waals surface area contributed by atoms with Crippen molar-refractivity contribution in [2.75, 3.05) is 0 Å². The standard InChI is InChI=1S/C13H21N/c1-9(2)11-7-5-6-8-12(11)13(14)10(3)4/h5-10,13H,14H2,1-4H3/t13-/m0/s1. The second kappa shape index (κ2) is 4.61. The van der Waals surface area contributed by atoms with Crippen LogP contribution in [0.15, 0.2) is 24.3 Å². The minimum atomic E-state index is 0.161. The minimum Gasteiger partial charge on any atom is -0.324 e. The van der Waals surface area contributed by atoms with Gasteiger partial charge < -0.3 is 5.73 Å². The van der Waals surface area contributed by atoms with E-state index in [1.165, 1.54) is 11.1 Å². The molecule has 0 aliphatic carbocycles. The molecule has 1 aromatic rings. The maximum absolute atomic E-state index is 6.18. The highest BCUT2D eigenvalue weighted by Crippen LogP contribution is 2.27. The molecule has 1 heteroatoms. The van der Waals surface area contributed by atoms with Crippen LogP contribution in [0.2, 0.25) is 0 Å². The van der Waals surface area contributed by atoms with E-state index < -0.39 is 0 Å². The average Bonchev–Trinajstić information content (AvgIpc) is 2.16. The molecule has 14 heavy (non-hydrogen) atoms. The van der Waals surface area contributed by atoms with Crippen molar-refractivity contribution in [2.24, 2.45) is 11.7 Å². The molecule has 0 aliphatic rings. The lowest BCUT2D eigenvalue weighted by Gasteiger charge is -2.21. The highest BCUT2D eigenvalue weighted by atomic mass is 14.6. The third kappa shape index (κ3) is 2.36. The van der Waals surface area contributed by atoms with Crippen LogP contribution >= 0.6 is 0 Å². The van der Waals surface area contributed by atoms with Crippen LogP contribution in [0, 0.1) is 5.92 Å². The fourth-order valence-electron chi connectivity index (χ4n) is 1.70. The lowest BCUT2D eigenvalue weighted by molar-refractivity contribution is 0.508. The summed E-state index contributed by atoms with van der Waals surface area (Å²) in [6, 6.07) is 8.66. The molecule has 1 rings (SSSR count). The van der Waals surface area contributed by atoms with Crippen LogP contribution in [0.4, 0.5) is 0 Å². The molecule has 1 atom stereocenters. The van der Waals surface area contributed by atoms with Gasteiger partial charge in [-0.1, -0.05) is 52.0 Å². The van der Waals surface area contributed by atoms with Crippen molar-refractivity contribution >= 4 is 0 Å². The number of hydrogen-bond acceptors (Lipinski definition) is 1. The molecule has 0 spiro atoms. The molecule has 0 amide bonds. The average molecular weight is 191 g/mol. The molecule has 0 unspecified atom stereocenters. The zero-order valence-corrected chi connectivity index (χ0v) is 9.62. The maximum Gasteiger partial charge on any atom is 0.0321 e. The molecule has 0 fully saturated rings. The zero-order valence-electron chi connectivity index (χ0n) is 9.62. The van der Waals surface area contributed by atoms with Gasteiger partial charge in [0.2, 0.25) is 0 Å². The van der Waals surface area contributed by atoms with E-state index in [4.69, 9.17) is 5.73 Å². The quantitative estimate of drug-likeness (QED) is 0.778. The Balaban J connectivity index is 3.06. The number of benzene rings is 1. The Hall–Kier alpha value is -0.820. The molecular weight excluding hydrogens is 170 g/mol. The van der Waals surface area contributed by atoms with Crippen LogP contribution in [0.1, 0.15) is 50.8 Å². The van der Waals surface area contributed by atoms with Crippen molar-refractivity contribution in [1.29, 1.82) is 0 Å². The third-order valence-corrected chi connectivity index (χ3v) is 2.70. The number of rotatable bonds is 3. The van der Waals surface area contributed by atoms with E-state index in [-0.39, 0.29) is 6.04 Å². The van der Waals surface area contributed by atoms with Gasteiger partial charge in [0.25, 0.3) is 0 Å². The van der Waals surface area contributed by atoms with Crippen molar-refractivity contribution in [3.63, 3.8) is 0 Å². The van der Waals surface area contributed by atoms with E-state index in [1.807, 2.05) is 0 Å². The van der Waals surface area contributed by atoms with Gasteiger partial charge in [0.1, 0.15) is 0 Å². The molecule has 1 nitrogen and oxygen atoms in total. The van der Waals surface area contributed by atoms with E-state index >= 15 is 0 Å². The first kappa shape index (κ1) is 11.3. The summed E-state index contributed by atoms with van der Waals surface area (Å²) in [4.78, 5) is 0. The molecule has 0 saturated heterocycles. The summed E-state index contributed by atoms with van der Waals surface area (Å²) in [7, 11) is 0. The Labute approximate surface area is 87.3 Å². The van der Waals surface area contributed by atoms with Gasteiger partial charge in [-0.3, -0.25) is 0 Å². The highest BCUT2D eigenvalue weighted by Gasteiger charge is 2.15. The van der Waals surface area contributed by atoms with Gasteiger partial charge in [-0.25, -0.2) is 0 Å². The van der Waals surface area contributed by atoms with Gasteiger partial charge in [-0.15, -0.1) is 0 Å². The maximum atomic E-state index is 6.18. The lowest BCUT2D eigenvalue weighted by Crippen LogP contribution is -2.18. The van der Waals surface area contributed by atoms with Crippen molar-refractivity contribution in [3.05, 3.63) is 35.4 Å². The van der Waals surface area contributed by atoms with Gasteiger partial charge in [-0.2, -0.15) is 0 Å². The molecule has 0 radical (unpaired) electrons. The van der Waals surface area contributed by atoms with Crippen molar-refractivity contribution in [1.82, 2.24) is 0 Å². The first-order valence-electron chi connectivity index (χ1n) is 5.38. The van der Waals surface area contributed by atoms with E-state index in [2.05, 4.69) is 52.0 Å². The largest absolute Gasteiger partial charge is 0.324 e. The lowest BCUT2D eigenvalue weighted by atomic mass is 9.88. The summed E-state index contributed by atoms with van der Waals surface area (Å²) in [5.41, 5.74) is 8.86. The summed E-state index contributed by atoms with van der Waals surface area (Å²) in [5, 5.41) is 0. The van der Waals surface area contributed by atoms with Gasteiger partial charge in [0, 0.05) is 6.04 Å². The van der Waals surface area contributed by atoms with Gasteiger partial charge in [0.05, 0.1) is 0 Å². The Morgan fingerprint density at radius 2 is 1.43 bits per heavy atom. The Kier molecular flexibility index (Phi) is 3.70. The van der Waals surface area contributed by atoms with E-state index in [0.29, 0.717) is 11.8 Å². The van der Waals surface area contributed by atoms with Gasteiger partial charge in [0.15, 0.2) is 0 Å². The summed E-state index contributed by atoms with van der Waals surface area (Å²) >= 11 is 0. The van der Waals surface area contributed by atoms with Crippen LogP contribution in [0.3, 0.4) is 0 Å². The smallest absolute Gasteiger partial charge is 0.0321 e. The molecule has 1 aromatic carbocycles. The number of hydrogen-bond donors (Lipinski definition) is 1. The molecule has 0 saturated carbocycles. The SMILES string of the molecule is CC(C)c1ccccc1[C@@H](N)C(C)C. The summed E-state index contributed by atoms with van der Waals surface area (Å²) in [6.45, 7) is 8.77. The monoisotopic (exact) mass is 191 g/mol. The molecule has 78 valence electrons. The van der Waals surface area contributed by atoms with Crippen molar-refractivity contribution < 1.29 is 0 Å². The Morgan fingerprint density at radius 1 is 0.929 bits per heavy atom. The Morgan fingerprint density at radius 3 is 1.86 bits per heavy atom. The zero-order chi connectivity index (χ0) is 10.7. The van der Waals surface area contributed by atoms with Crippen molar-refractivity contribution in [3.8, 4) is 0 Å². The third-order valence-electron chi connectivity index (χ3n) is 2.70. The molecule has 2 N–H and O–H groups in total. The second-order valence-electron chi connectivity index (χ2n) is 4.55. The first-order chi connectivity index (χ1) is 6.54. The molecule has 0 aromatic heterocycles. The fraction of sp³-hybridized carbons (Fsp3) is 0.538. The van der Waals surface area contributed by atoms with Crippen LogP contribution < -0.4 is 5.73 Å². The topological polar surface area (TPSA) is 26.0 Å². The van der Waals surface area contributed by atoms with Crippen LogP contribution in [0.25, 0.3) is 0 Å². The van der Waals surface area contributed by atoms with Crippen LogP contribution in [-0.2, 0) is 0 Å². The predicted octanol–water partition coefficient (Wildman–Crippen LogP) is 3.47. The number of nitrogens with two attached hydrogens (primary N) is 1. The normalized spacial score (nSPS) is 13.6. The van der Waals surface area contributed by atoms with Crippen LogP contribution in [-0.4, -0.2) is 0 Å². The van der Waals surface area contributed by atoms with Gasteiger partial charge >= 0.3 is 0 Å². The highest BCUT2D eigenvalue weighted by molar-refractivity contribution is 5.32. The predicted molar refractivity (Wildman–Crippen MR) is 62.3 cm³/mol. The summed E-state index contributed by atoms with van der Waals surface area (Å²) in [5.74, 6) is 1.05. The minimum absolute atomic E-state index is 0.161. The summed E-state index contributed by atoms with van der Waals surface area (Å²) in [6.07, 6.45) is 0. The first-order valence-corrected chi connectivity index (χ1v) is 5.38. The fourth-order valence-corrected chi connectivity index (χ4v) is 1.70. The van der Waals surface area contributed by atoms with E-state index in [1.54, 1.807) is 0 Å². The second-order valence-corrected chi connectivity index (χ2v) is 4.55. The van der Waals surface area contributed by atoms with E-state index in [9.17, 15) is 0 Å².